The van der Waals surface area contributed by atoms with E-state index in [1.54, 1.807) is 31.3 Å². The summed E-state index contributed by atoms with van der Waals surface area (Å²) in [6, 6.07) is 5.04. The van der Waals surface area contributed by atoms with E-state index in [1.807, 2.05) is 6.92 Å². The van der Waals surface area contributed by atoms with Crippen molar-refractivity contribution in [3.05, 3.63) is 29.8 Å². The first-order chi connectivity index (χ1) is 29.7. The molecule has 0 spiro atoms. The third-order valence-electron chi connectivity index (χ3n) is 10.2. The van der Waals surface area contributed by atoms with Gasteiger partial charge in [-0.05, 0) is 102 Å². The number of hydrogen-bond donors (Lipinski definition) is 13. The van der Waals surface area contributed by atoms with Gasteiger partial charge in [-0.15, -0.1) is 0 Å². The van der Waals surface area contributed by atoms with Gasteiger partial charge < -0.3 is 71.4 Å². The molecule has 352 valence electrons. The maximum absolute atomic E-state index is 13.5. The van der Waals surface area contributed by atoms with Crippen molar-refractivity contribution in [2.24, 2.45) is 44.4 Å². The Balaban J connectivity index is 2.89. The topological polar surface area (TPSA) is 359 Å². The Morgan fingerprint density at radius 2 is 1.00 bits per heavy atom. The van der Waals surface area contributed by atoms with Gasteiger partial charge in [-0.3, -0.25) is 34.0 Å². The van der Waals surface area contributed by atoms with Crippen LogP contribution in [0.3, 0.4) is 0 Å². The third-order valence-corrected chi connectivity index (χ3v) is 10.2. The van der Waals surface area contributed by atoms with Gasteiger partial charge in [-0.2, -0.15) is 0 Å². The lowest BCUT2D eigenvalue weighted by Gasteiger charge is -2.24. The first-order valence-corrected chi connectivity index (χ1v) is 22.1. The number of nitrogens with one attached hydrogen (secondary N) is 6. The zero-order chi connectivity index (χ0) is 46.1. The molecular weight excluding hydrogens is 797 g/mol. The molecule has 19 N–H and O–H groups in total. The molecule has 0 saturated carbocycles. The van der Waals surface area contributed by atoms with Crippen LogP contribution in [0, 0.1) is 0 Å². The average molecular weight is 875 g/mol. The Kier molecular flexibility index (Phi) is 29.5. The summed E-state index contributed by atoms with van der Waals surface area (Å²) >= 11 is 0. The number of phenols is 1. The Morgan fingerprint density at radius 3 is 1.44 bits per heavy atom. The van der Waals surface area contributed by atoms with Crippen LogP contribution in [0.5, 0.6) is 5.75 Å². The predicted octanol–water partition coefficient (Wildman–Crippen LogP) is -0.696. The van der Waals surface area contributed by atoms with Crippen LogP contribution in [0.1, 0.15) is 115 Å². The number of aromatic hydroxyl groups is 1. The summed E-state index contributed by atoms with van der Waals surface area (Å²) in [4.78, 5) is 74.0. The Hall–Kier alpha value is -5.21. The van der Waals surface area contributed by atoms with E-state index in [-0.39, 0.29) is 97.9 Å². The van der Waals surface area contributed by atoms with Crippen LogP contribution in [-0.2, 0) is 30.4 Å². The molecule has 0 saturated heterocycles. The molecular formula is C42H78N14O6. The van der Waals surface area contributed by atoms with Crippen molar-refractivity contribution < 1.29 is 29.1 Å². The fourth-order valence-electron chi connectivity index (χ4n) is 6.85. The number of guanidine groups is 2. The number of aliphatic imine (C=N–C) groups is 2. The van der Waals surface area contributed by atoms with E-state index in [0.29, 0.717) is 84.0 Å². The van der Waals surface area contributed by atoms with Crippen molar-refractivity contribution >= 4 is 41.5 Å². The molecule has 20 nitrogen and oxygen atoms in total. The van der Waals surface area contributed by atoms with Gasteiger partial charge >= 0.3 is 0 Å². The molecule has 1 rings (SSSR count). The number of rotatable bonds is 35. The van der Waals surface area contributed by atoms with E-state index in [2.05, 4.69) is 41.9 Å². The lowest BCUT2D eigenvalue weighted by molar-refractivity contribution is -0.125. The van der Waals surface area contributed by atoms with Crippen LogP contribution in [0.15, 0.2) is 34.3 Å². The molecule has 62 heavy (non-hydrogen) atoms. The molecule has 0 aliphatic carbocycles. The van der Waals surface area contributed by atoms with Gasteiger partial charge in [-0.1, -0.05) is 31.9 Å². The predicted molar refractivity (Wildman–Crippen MR) is 244 cm³/mol. The van der Waals surface area contributed by atoms with Crippen LogP contribution >= 0.6 is 0 Å². The molecule has 5 unspecified atom stereocenters. The number of carbonyl (C=O) groups is 5. The summed E-state index contributed by atoms with van der Waals surface area (Å²) in [5.41, 5.74) is 34.2. The monoisotopic (exact) mass is 875 g/mol. The number of amides is 5. The van der Waals surface area contributed by atoms with Crippen molar-refractivity contribution in [2.75, 3.05) is 39.8 Å². The maximum Gasteiger partial charge on any atom is 0.222 e. The standard InChI is InChI=1S/C42H78N14O6/c1-3-30(12-8-21-51-41(45)46)53-38(60)25-31(10-4-6-19-43)55-39(61)26-32(11-5-7-20-44)56-40(62)27-33(13-9-22-52-42(47)48)54-36(58)18-23-50-37(59)28-34(49-2)24-29-14-16-35(57)17-15-29/h14-17,30-34,49,57H,3-13,18-28,43-44H2,1-2H3,(H,50,59)(H,53,60)(H,54,58)(H,55,61)(H,56,62)(H4,45,46,51)(H4,47,48,52). The maximum atomic E-state index is 13.5. The zero-order valence-corrected chi connectivity index (χ0v) is 37.1. The molecule has 0 radical (unpaired) electrons. The van der Waals surface area contributed by atoms with Crippen molar-refractivity contribution in [3.63, 3.8) is 0 Å². The summed E-state index contributed by atoms with van der Waals surface area (Å²) in [5.74, 6) is -1.28. The van der Waals surface area contributed by atoms with Crippen LogP contribution in [0.2, 0.25) is 0 Å². The largest absolute Gasteiger partial charge is 0.508 e. The smallest absolute Gasteiger partial charge is 0.222 e. The highest BCUT2D eigenvalue weighted by Crippen LogP contribution is 2.14. The number of benzene rings is 1. The highest BCUT2D eigenvalue weighted by molar-refractivity contribution is 5.83. The Labute approximate surface area is 367 Å². The van der Waals surface area contributed by atoms with Crippen LogP contribution in [0.25, 0.3) is 0 Å². The van der Waals surface area contributed by atoms with Crippen LogP contribution in [-0.4, -0.2) is 117 Å². The number of phenolic OH excluding ortho intramolecular Hbond substituents is 1. The number of carbonyl (C=O) groups excluding carboxylic acids is 5. The lowest BCUT2D eigenvalue weighted by atomic mass is 10.0. The minimum Gasteiger partial charge on any atom is -0.508 e. The second-order valence-corrected chi connectivity index (χ2v) is 15.7. The summed E-state index contributed by atoms with van der Waals surface area (Å²) in [6.45, 7) is 3.80. The minimum atomic E-state index is -0.575. The normalized spacial score (nSPS) is 13.4. The first-order valence-electron chi connectivity index (χ1n) is 22.1. The highest BCUT2D eigenvalue weighted by Gasteiger charge is 2.24. The Bertz CT molecular complexity index is 1500. The molecule has 1 aromatic rings. The van der Waals surface area contributed by atoms with E-state index in [9.17, 15) is 29.1 Å². The zero-order valence-electron chi connectivity index (χ0n) is 37.1. The molecule has 5 atom stereocenters. The van der Waals surface area contributed by atoms with Crippen LogP contribution in [0.4, 0.5) is 0 Å². The van der Waals surface area contributed by atoms with Gasteiger partial charge in [0.1, 0.15) is 5.75 Å². The molecule has 0 aliphatic rings. The van der Waals surface area contributed by atoms with E-state index in [4.69, 9.17) is 34.4 Å². The second-order valence-electron chi connectivity index (χ2n) is 15.7. The molecule has 1 aromatic carbocycles. The van der Waals surface area contributed by atoms with E-state index in [1.165, 1.54) is 0 Å². The molecule has 5 amide bonds. The Morgan fingerprint density at radius 1 is 0.581 bits per heavy atom. The summed E-state index contributed by atoms with van der Waals surface area (Å²) in [7, 11) is 1.77. The molecule has 0 aliphatic heterocycles. The fraction of sp³-hybridized carbons (Fsp3) is 0.690. The van der Waals surface area contributed by atoms with Crippen LogP contribution < -0.4 is 66.3 Å². The first kappa shape index (κ1) is 54.8. The van der Waals surface area contributed by atoms with Gasteiger partial charge in [-0.25, -0.2) is 0 Å². The second kappa shape index (κ2) is 33.4. The number of likely N-dealkylation sites (N-methyl/N-ethyl adjacent to an activating group) is 1. The molecule has 0 heterocycles. The summed E-state index contributed by atoms with van der Waals surface area (Å²) < 4.78 is 0. The van der Waals surface area contributed by atoms with E-state index < -0.39 is 18.1 Å². The highest BCUT2D eigenvalue weighted by atomic mass is 16.3. The van der Waals surface area contributed by atoms with Gasteiger partial charge in [0.15, 0.2) is 11.9 Å². The quantitative estimate of drug-likeness (QED) is 0.0228. The molecule has 0 aromatic heterocycles. The number of nitrogens with two attached hydrogens (primary N) is 6. The average Bonchev–Trinajstić information content (AvgIpc) is 3.20. The molecule has 20 heteroatoms. The lowest BCUT2D eigenvalue weighted by Crippen LogP contribution is -2.46. The van der Waals surface area contributed by atoms with Gasteiger partial charge in [0.2, 0.25) is 29.5 Å². The number of unbranched alkanes of at least 4 members (excludes halogenated alkanes) is 2. The van der Waals surface area contributed by atoms with Gasteiger partial charge in [0, 0.05) is 81.9 Å². The van der Waals surface area contributed by atoms with Crippen molar-refractivity contribution in [2.45, 2.75) is 146 Å². The SMILES string of the molecule is CCC(CCCN=C(N)N)NC(=O)CC(CCCCN)NC(=O)CC(CCCCN)NC(=O)CC(CCCN=C(N)N)NC(=O)CCNC(=O)CC(Cc1ccc(O)cc1)NC. The van der Waals surface area contributed by atoms with Crippen molar-refractivity contribution in [3.8, 4) is 5.75 Å². The fourth-order valence-corrected chi connectivity index (χ4v) is 6.85. The van der Waals surface area contributed by atoms with E-state index >= 15 is 0 Å². The van der Waals surface area contributed by atoms with E-state index in [0.717, 1.165) is 24.8 Å². The molecule has 0 fully saturated rings. The van der Waals surface area contributed by atoms with Crippen molar-refractivity contribution in [1.29, 1.82) is 0 Å². The molecule has 0 bridgehead atoms. The van der Waals surface area contributed by atoms with Gasteiger partial charge in [0.25, 0.3) is 0 Å². The summed E-state index contributed by atoms with van der Waals surface area (Å²) in [5, 5.41) is 27.5. The summed E-state index contributed by atoms with van der Waals surface area (Å²) in [6.07, 6.45) is 7.67. The third kappa shape index (κ3) is 28.3. The van der Waals surface area contributed by atoms with Crippen molar-refractivity contribution in [1.82, 2.24) is 31.9 Å². The number of hydrogen-bond acceptors (Lipinski definition) is 11. The number of nitrogens with zero attached hydrogens (tertiary/aromatic N) is 2. The van der Waals surface area contributed by atoms with Gasteiger partial charge in [0.05, 0.1) is 0 Å². The minimum absolute atomic E-state index is 0.00910.